The van der Waals surface area contributed by atoms with Crippen LogP contribution in [-0.2, 0) is 22.2 Å². The number of hydrogen-bond acceptors (Lipinski definition) is 2. The second-order valence-corrected chi connectivity index (χ2v) is 6.80. The van der Waals surface area contributed by atoms with Crippen molar-refractivity contribution in [1.29, 1.82) is 0 Å². The third-order valence-electron chi connectivity index (χ3n) is 4.75. The van der Waals surface area contributed by atoms with E-state index >= 15 is 0 Å². The van der Waals surface area contributed by atoms with Crippen LogP contribution >= 0.6 is 0 Å². The summed E-state index contributed by atoms with van der Waals surface area (Å²) in [4.78, 5) is 25.3. The highest BCUT2D eigenvalue weighted by molar-refractivity contribution is 5.79. The number of carbonyl (C=O) groups is 2. The molecule has 7 heteroatoms. The molecule has 1 saturated heterocycles. The van der Waals surface area contributed by atoms with Gasteiger partial charge in [0.1, 0.15) is 0 Å². The Morgan fingerprint density at radius 2 is 2.04 bits per heavy atom. The van der Waals surface area contributed by atoms with Crippen molar-refractivity contribution in [3.8, 4) is 0 Å². The Balaban J connectivity index is 2.00. The van der Waals surface area contributed by atoms with E-state index in [1.165, 1.54) is 6.07 Å². The van der Waals surface area contributed by atoms with Gasteiger partial charge in [0.05, 0.1) is 11.5 Å². The van der Waals surface area contributed by atoms with E-state index in [2.05, 4.69) is 0 Å². The summed E-state index contributed by atoms with van der Waals surface area (Å²) in [5.41, 5.74) is -0.260. The van der Waals surface area contributed by atoms with E-state index in [0.717, 1.165) is 12.1 Å². The fourth-order valence-corrected chi connectivity index (χ4v) is 3.34. The summed E-state index contributed by atoms with van der Waals surface area (Å²) >= 11 is 0. The zero-order valence-corrected chi connectivity index (χ0v) is 14.2. The number of halogens is 3. The van der Waals surface area contributed by atoms with Crippen LogP contribution in [0.25, 0.3) is 0 Å². The minimum Gasteiger partial charge on any atom is -0.481 e. The molecule has 0 radical (unpaired) electrons. The van der Waals surface area contributed by atoms with Crippen molar-refractivity contribution in [2.75, 3.05) is 13.1 Å². The van der Waals surface area contributed by atoms with Crippen molar-refractivity contribution < 1.29 is 27.9 Å². The van der Waals surface area contributed by atoms with Crippen LogP contribution in [0.15, 0.2) is 24.3 Å². The van der Waals surface area contributed by atoms with Gasteiger partial charge in [-0.3, -0.25) is 9.59 Å². The van der Waals surface area contributed by atoms with Crippen molar-refractivity contribution in [2.24, 2.45) is 17.8 Å². The summed E-state index contributed by atoms with van der Waals surface area (Å²) < 4.78 is 38.3. The van der Waals surface area contributed by atoms with Crippen LogP contribution in [0.5, 0.6) is 0 Å². The molecule has 0 saturated carbocycles. The van der Waals surface area contributed by atoms with Crippen LogP contribution in [0.2, 0.25) is 0 Å². The summed E-state index contributed by atoms with van der Waals surface area (Å²) in [5, 5.41) is 9.13. The number of nitrogens with zero attached hydrogens (tertiary/aromatic N) is 1. The number of piperidine rings is 1. The minimum absolute atomic E-state index is 0.143. The molecule has 0 spiro atoms. The number of carboxylic acids is 1. The smallest absolute Gasteiger partial charge is 0.416 e. The average molecular weight is 357 g/mol. The van der Waals surface area contributed by atoms with Gasteiger partial charge < -0.3 is 10.0 Å². The van der Waals surface area contributed by atoms with E-state index in [1.54, 1.807) is 24.8 Å². The van der Waals surface area contributed by atoms with Gasteiger partial charge in [-0.05, 0) is 30.4 Å². The van der Waals surface area contributed by atoms with E-state index in [1.807, 2.05) is 0 Å². The first-order valence-electron chi connectivity index (χ1n) is 8.27. The molecule has 25 heavy (non-hydrogen) atoms. The van der Waals surface area contributed by atoms with Crippen LogP contribution < -0.4 is 0 Å². The molecule has 1 fully saturated rings. The van der Waals surface area contributed by atoms with Crippen LogP contribution in [0.1, 0.15) is 31.4 Å². The van der Waals surface area contributed by atoms with Crippen LogP contribution in [-0.4, -0.2) is 35.0 Å². The number of hydrogen-bond donors (Lipinski definition) is 1. The number of carboxylic acid groups (broad SMARTS) is 1. The molecule has 2 rings (SSSR count). The van der Waals surface area contributed by atoms with E-state index in [-0.39, 0.29) is 18.2 Å². The van der Waals surface area contributed by atoms with Gasteiger partial charge in [-0.1, -0.05) is 32.0 Å². The van der Waals surface area contributed by atoms with E-state index in [4.69, 9.17) is 5.11 Å². The Kier molecular flexibility index (Phi) is 5.75. The van der Waals surface area contributed by atoms with Gasteiger partial charge >= 0.3 is 12.1 Å². The number of likely N-dealkylation sites (tertiary alicyclic amines) is 1. The molecule has 4 nitrogen and oxygen atoms in total. The lowest BCUT2D eigenvalue weighted by molar-refractivity contribution is -0.149. The maximum absolute atomic E-state index is 12.8. The van der Waals surface area contributed by atoms with Gasteiger partial charge in [-0.2, -0.15) is 13.2 Å². The van der Waals surface area contributed by atoms with E-state index in [9.17, 15) is 22.8 Å². The van der Waals surface area contributed by atoms with Crippen molar-refractivity contribution in [3.63, 3.8) is 0 Å². The molecule has 1 aromatic rings. The van der Waals surface area contributed by atoms with Gasteiger partial charge in [0.2, 0.25) is 5.91 Å². The van der Waals surface area contributed by atoms with Gasteiger partial charge in [0.25, 0.3) is 0 Å². The van der Waals surface area contributed by atoms with Crippen LogP contribution in [0, 0.1) is 17.8 Å². The predicted octanol–water partition coefficient (Wildman–Crippen LogP) is 3.45. The highest BCUT2D eigenvalue weighted by Crippen LogP contribution is 2.30. The highest BCUT2D eigenvalue weighted by Gasteiger charge is 2.34. The molecule has 1 amide bonds. The molecule has 1 N–H and O–H groups in total. The molecule has 138 valence electrons. The monoisotopic (exact) mass is 357 g/mol. The third-order valence-corrected chi connectivity index (χ3v) is 4.75. The molecule has 0 aromatic heterocycles. The van der Waals surface area contributed by atoms with Gasteiger partial charge in [0.15, 0.2) is 0 Å². The Labute approximate surface area is 144 Å². The van der Waals surface area contributed by atoms with Crippen LogP contribution in [0.4, 0.5) is 13.2 Å². The Hall–Kier alpha value is -2.05. The molecule has 0 aliphatic carbocycles. The Morgan fingerprint density at radius 3 is 2.60 bits per heavy atom. The number of carbonyl (C=O) groups excluding carboxylic acids is 1. The van der Waals surface area contributed by atoms with Gasteiger partial charge in [-0.15, -0.1) is 0 Å². The topological polar surface area (TPSA) is 57.6 Å². The molecular formula is C18H22F3NO3. The fourth-order valence-electron chi connectivity index (χ4n) is 3.34. The van der Waals surface area contributed by atoms with E-state index < -0.39 is 29.5 Å². The maximum atomic E-state index is 12.8. The molecular weight excluding hydrogens is 335 g/mol. The zero-order valence-electron chi connectivity index (χ0n) is 14.2. The molecule has 1 aliphatic heterocycles. The van der Waals surface area contributed by atoms with Gasteiger partial charge in [-0.25, -0.2) is 0 Å². The summed E-state index contributed by atoms with van der Waals surface area (Å²) in [6.07, 6.45) is -3.79. The highest BCUT2D eigenvalue weighted by atomic mass is 19.4. The second-order valence-electron chi connectivity index (χ2n) is 6.80. The zero-order chi connectivity index (χ0) is 18.8. The molecule has 3 unspecified atom stereocenters. The largest absolute Gasteiger partial charge is 0.481 e. The number of alkyl halides is 3. The second kappa shape index (κ2) is 7.45. The predicted molar refractivity (Wildman–Crippen MR) is 85.8 cm³/mol. The maximum Gasteiger partial charge on any atom is 0.416 e. The Morgan fingerprint density at radius 1 is 1.36 bits per heavy atom. The summed E-state index contributed by atoms with van der Waals surface area (Å²) in [7, 11) is 0. The van der Waals surface area contributed by atoms with Gasteiger partial charge in [0, 0.05) is 19.0 Å². The van der Waals surface area contributed by atoms with Crippen molar-refractivity contribution in [1.82, 2.24) is 4.90 Å². The first kappa shape index (κ1) is 19.3. The summed E-state index contributed by atoms with van der Waals surface area (Å²) in [6.45, 7) is 4.22. The lowest BCUT2D eigenvalue weighted by Crippen LogP contribution is -2.47. The number of amides is 1. The lowest BCUT2D eigenvalue weighted by Gasteiger charge is -2.36. The SMILES string of the molecule is CC(Cc1cccc(C(F)(F)F)c1)C(=O)N1CCC(C(=O)O)C(C)C1. The first-order valence-corrected chi connectivity index (χ1v) is 8.27. The molecule has 3 atom stereocenters. The number of aliphatic carboxylic acids is 1. The van der Waals surface area contributed by atoms with Crippen molar-refractivity contribution >= 4 is 11.9 Å². The van der Waals surface area contributed by atoms with E-state index in [0.29, 0.717) is 25.1 Å². The standard InChI is InChI=1S/C18H22F3NO3/c1-11(8-13-4-3-5-14(9-13)18(19,20)21)16(23)22-7-6-15(17(24)25)12(2)10-22/h3-5,9,11-12,15H,6-8,10H2,1-2H3,(H,24,25). The number of rotatable bonds is 4. The van der Waals surface area contributed by atoms with Crippen LogP contribution in [0.3, 0.4) is 0 Å². The molecule has 1 aliphatic rings. The lowest BCUT2D eigenvalue weighted by atomic mass is 9.86. The van der Waals surface area contributed by atoms with Crippen molar-refractivity contribution in [2.45, 2.75) is 32.9 Å². The third kappa shape index (κ3) is 4.74. The molecule has 1 aromatic carbocycles. The Bertz CT molecular complexity index is 645. The number of benzene rings is 1. The molecule has 0 bridgehead atoms. The first-order chi connectivity index (χ1) is 11.6. The molecule has 1 heterocycles. The average Bonchev–Trinajstić information content (AvgIpc) is 2.53. The fraction of sp³-hybridized carbons (Fsp3) is 0.556. The summed E-state index contributed by atoms with van der Waals surface area (Å²) in [5.74, 6) is -2.06. The quantitative estimate of drug-likeness (QED) is 0.898. The summed E-state index contributed by atoms with van der Waals surface area (Å²) in [6, 6.07) is 5.01. The minimum atomic E-state index is -4.41. The van der Waals surface area contributed by atoms with Crippen molar-refractivity contribution in [3.05, 3.63) is 35.4 Å². The normalized spacial score (nSPS) is 22.5.